The number of benzene rings is 2. The Hall–Kier alpha value is -2.40. The molecule has 0 atom stereocenters. The largest absolute Gasteiger partial charge is 0.332 e. The lowest BCUT2D eigenvalue weighted by molar-refractivity contribution is 0.180. The molecule has 1 saturated heterocycles. The van der Waals surface area contributed by atoms with Gasteiger partial charge in [0.1, 0.15) is 11.6 Å². The van der Waals surface area contributed by atoms with Crippen molar-refractivity contribution >= 4 is 32.2 Å². The summed E-state index contributed by atoms with van der Waals surface area (Å²) in [4.78, 5) is 5.79. The Kier molecular flexibility index (Phi) is 6.33. The number of hydrogen-bond donors (Lipinski definition) is 1. The fourth-order valence-corrected chi connectivity index (χ4v) is 5.67. The third-order valence-corrected chi connectivity index (χ3v) is 7.85. The number of rotatable bonds is 6. The third kappa shape index (κ3) is 4.93. The van der Waals surface area contributed by atoms with Crippen LogP contribution in [0.15, 0.2) is 52.7 Å². The summed E-state index contributed by atoms with van der Waals surface area (Å²) >= 11 is 1.50. The molecular weight excluding hydrogens is 442 g/mol. The van der Waals surface area contributed by atoms with E-state index in [0.29, 0.717) is 19.6 Å². The summed E-state index contributed by atoms with van der Waals surface area (Å²) in [6.07, 6.45) is 0. The van der Waals surface area contributed by atoms with Gasteiger partial charge in [0.2, 0.25) is 10.0 Å². The minimum absolute atomic E-state index is 0.161. The highest BCUT2D eigenvalue weighted by Crippen LogP contribution is 2.25. The summed E-state index contributed by atoms with van der Waals surface area (Å²) in [6, 6.07) is 11.1. The maximum absolute atomic E-state index is 14.0. The number of aryl methyl sites for hydroxylation is 1. The minimum Gasteiger partial charge on any atom is -0.332 e. The Bertz CT molecular complexity index is 1140. The van der Waals surface area contributed by atoms with E-state index in [1.165, 1.54) is 16.9 Å². The lowest BCUT2D eigenvalue weighted by Crippen LogP contribution is -2.48. The predicted octanol–water partition coefficient (Wildman–Crippen LogP) is 3.98. The van der Waals surface area contributed by atoms with Gasteiger partial charge in [-0.3, -0.25) is 4.90 Å². The average molecular weight is 465 g/mol. The molecule has 0 radical (unpaired) electrons. The zero-order valence-corrected chi connectivity index (χ0v) is 18.5. The number of aromatic nitrogens is 1. The van der Waals surface area contributed by atoms with Crippen molar-refractivity contribution < 1.29 is 17.2 Å². The molecule has 0 aliphatic carbocycles. The molecule has 1 aromatic heterocycles. The first-order valence-electron chi connectivity index (χ1n) is 9.77. The van der Waals surface area contributed by atoms with Crippen LogP contribution in [0, 0.1) is 18.6 Å². The molecule has 2 aromatic carbocycles. The second kappa shape index (κ2) is 8.99. The van der Waals surface area contributed by atoms with E-state index in [1.807, 2.05) is 36.6 Å². The Labute approximate surface area is 184 Å². The Morgan fingerprint density at radius 1 is 1.03 bits per heavy atom. The molecule has 0 saturated carbocycles. The van der Waals surface area contributed by atoms with Gasteiger partial charge < -0.3 is 5.32 Å². The third-order valence-electron chi connectivity index (χ3n) is 5.09. The standard InChI is InChI=1S/C21H22F2N4O2S2/c1-15-5-7-16(8-6-15)24-21-25-17(14-30-21)13-26-9-11-27(12-10-26)31(28,29)20-18(22)3-2-4-19(20)23/h2-8,14H,9-13H2,1H3,(H,24,25). The van der Waals surface area contributed by atoms with Crippen LogP contribution in [0.3, 0.4) is 0 Å². The molecule has 1 N–H and O–H groups in total. The second-order valence-corrected chi connectivity index (χ2v) is 10.1. The van der Waals surface area contributed by atoms with E-state index in [4.69, 9.17) is 0 Å². The number of thiazole rings is 1. The molecule has 0 spiro atoms. The molecule has 1 aliphatic heterocycles. The second-order valence-electron chi connectivity index (χ2n) is 7.37. The summed E-state index contributed by atoms with van der Waals surface area (Å²) in [7, 11) is -4.22. The highest BCUT2D eigenvalue weighted by Gasteiger charge is 2.33. The van der Waals surface area contributed by atoms with Gasteiger partial charge in [-0.25, -0.2) is 22.2 Å². The zero-order valence-electron chi connectivity index (χ0n) is 16.9. The van der Waals surface area contributed by atoms with Crippen molar-refractivity contribution in [2.45, 2.75) is 18.4 Å². The van der Waals surface area contributed by atoms with Gasteiger partial charge in [-0.05, 0) is 31.2 Å². The lowest BCUT2D eigenvalue weighted by atomic mass is 10.2. The van der Waals surface area contributed by atoms with Crippen molar-refractivity contribution in [1.82, 2.24) is 14.2 Å². The number of piperazine rings is 1. The van der Waals surface area contributed by atoms with Crippen LogP contribution in [0.4, 0.5) is 19.6 Å². The molecule has 1 aliphatic rings. The summed E-state index contributed by atoms with van der Waals surface area (Å²) in [5.41, 5.74) is 3.03. The van der Waals surface area contributed by atoms with Gasteiger partial charge in [0, 0.05) is 43.8 Å². The normalized spacial score (nSPS) is 15.8. The molecule has 6 nitrogen and oxygen atoms in total. The van der Waals surface area contributed by atoms with Crippen LogP contribution in [0.2, 0.25) is 0 Å². The van der Waals surface area contributed by atoms with Gasteiger partial charge in [-0.15, -0.1) is 11.3 Å². The molecule has 10 heteroatoms. The molecule has 0 unspecified atom stereocenters. The van der Waals surface area contributed by atoms with Crippen molar-refractivity contribution in [3.8, 4) is 0 Å². The highest BCUT2D eigenvalue weighted by molar-refractivity contribution is 7.89. The molecule has 164 valence electrons. The van der Waals surface area contributed by atoms with Crippen LogP contribution in [-0.4, -0.2) is 48.8 Å². The topological polar surface area (TPSA) is 65.5 Å². The maximum atomic E-state index is 14.0. The molecule has 31 heavy (non-hydrogen) atoms. The summed E-state index contributed by atoms with van der Waals surface area (Å²) in [6.45, 7) is 3.83. The van der Waals surface area contributed by atoms with Gasteiger partial charge in [-0.2, -0.15) is 4.31 Å². The van der Waals surface area contributed by atoms with E-state index < -0.39 is 26.6 Å². The van der Waals surface area contributed by atoms with Gasteiger partial charge in [0.15, 0.2) is 10.0 Å². The Morgan fingerprint density at radius 3 is 2.32 bits per heavy atom. The van der Waals surface area contributed by atoms with Crippen LogP contribution >= 0.6 is 11.3 Å². The van der Waals surface area contributed by atoms with Crippen LogP contribution in [0.25, 0.3) is 0 Å². The summed E-state index contributed by atoms with van der Waals surface area (Å²) < 4.78 is 54.5. The van der Waals surface area contributed by atoms with E-state index >= 15 is 0 Å². The molecule has 2 heterocycles. The quantitative estimate of drug-likeness (QED) is 0.598. The number of halogens is 2. The lowest BCUT2D eigenvalue weighted by Gasteiger charge is -2.33. The SMILES string of the molecule is Cc1ccc(Nc2nc(CN3CCN(S(=O)(=O)c4c(F)cccc4F)CC3)cs2)cc1. The van der Waals surface area contributed by atoms with Crippen LogP contribution < -0.4 is 5.32 Å². The molecular formula is C21H22F2N4O2S2. The summed E-state index contributed by atoms with van der Waals surface area (Å²) in [5, 5.41) is 6.03. The molecule has 3 aromatic rings. The fourth-order valence-electron chi connectivity index (χ4n) is 3.41. The van der Waals surface area contributed by atoms with Crippen molar-refractivity contribution in [1.29, 1.82) is 0 Å². The van der Waals surface area contributed by atoms with E-state index in [9.17, 15) is 17.2 Å². The Morgan fingerprint density at radius 2 is 1.68 bits per heavy atom. The van der Waals surface area contributed by atoms with Crippen LogP contribution in [0.1, 0.15) is 11.3 Å². The monoisotopic (exact) mass is 464 g/mol. The van der Waals surface area contributed by atoms with Gasteiger partial charge in [0.25, 0.3) is 0 Å². The Balaban J connectivity index is 1.35. The van der Waals surface area contributed by atoms with Crippen molar-refractivity contribution in [3.63, 3.8) is 0 Å². The van der Waals surface area contributed by atoms with E-state index in [1.54, 1.807) is 0 Å². The predicted molar refractivity (Wildman–Crippen MR) is 117 cm³/mol. The van der Waals surface area contributed by atoms with Gasteiger partial charge in [-0.1, -0.05) is 23.8 Å². The molecule has 4 rings (SSSR count). The first-order valence-corrected chi connectivity index (χ1v) is 12.1. The number of sulfonamides is 1. The molecule has 0 amide bonds. The highest BCUT2D eigenvalue weighted by atomic mass is 32.2. The zero-order chi connectivity index (χ0) is 22.0. The number of nitrogens with zero attached hydrogens (tertiary/aromatic N) is 3. The maximum Gasteiger partial charge on any atom is 0.249 e. The minimum atomic E-state index is -4.22. The number of hydrogen-bond acceptors (Lipinski definition) is 6. The van der Waals surface area contributed by atoms with Gasteiger partial charge in [0.05, 0.1) is 5.69 Å². The molecule has 0 bridgehead atoms. The van der Waals surface area contributed by atoms with Crippen LogP contribution in [-0.2, 0) is 16.6 Å². The number of nitrogens with one attached hydrogen (secondary N) is 1. The number of anilines is 2. The molecule has 1 fully saturated rings. The first kappa shape index (κ1) is 21.8. The summed E-state index contributed by atoms with van der Waals surface area (Å²) in [5.74, 6) is -2.14. The van der Waals surface area contributed by atoms with Gasteiger partial charge >= 0.3 is 0 Å². The van der Waals surface area contributed by atoms with E-state index in [0.717, 1.165) is 39.0 Å². The first-order chi connectivity index (χ1) is 14.8. The smallest absolute Gasteiger partial charge is 0.249 e. The van der Waals surface area contributed by atoms with E-state index in [-0.39, 0.29) is 13.1 Å². The van der Waals surface area contributed by atoms with Crippen molar-refractivity contribution in [3.05, 3.63) is 70.7 Å². The van der Waals surface area contributed by atoms with Crippen molar-refractivity contribution in [2.75, 3.05) is 31.5 Å². The average Bonchev–Trinajstić information content (AvgIpc) is 3.16. The fraction of sp³-hybridized carbons (Fsp3) is 0.286. The van der Waals surface area contributed by atoms with Crippen LogP contribution in [0.5, 0.6) is 0 Å². The van der Waals surface area contributed by atoms with E-state index in [2.05, 4.69) is 15.2 Å². The van der Waals surface area contributed by atoms with Crippen molar-refractivity contribution in [2.24, 2.45) is 0 Å².